The fourth-order valence-corrected chi connectivity index (χ4v) is 6.32. The predicted octanol–water partition coefficient (Wildman–Crippen LogP) is 4.12. The summed E-state index contributed by atoms with van der Waals surface area (Å²) in [6.07, 6.45) is 0. The first-order valence-corrected chi connectivity index (χ1v) is 10.8. The van der Waals surface area contributed by atoms with E-state index >= 15 is 0 Å². The summed E-state index contributed by atoms with van der Waals surface area (Å²) in [5.74, 6) is 0. The zero-order chi connectivity index (χ0) is 20.9. The van der Waals surface area contributed by atoms with Crippen molar-refractivity contribution in [2.24, 2.45) is 0 Å². The van der Waals surface area contributed by atoms with E-state index in [1.54, 1.807) is 0 Å². The maximum atomic E-state index is 10.1. The Bertz CT molecular complexity index is 1630. The van der Waals surface area contributed by atoms with Crippen molar-refractivity contribution < 1.29 is 0 Å². The van der Waals surface area contributed by atoms with Gasteiger partial charge in [0.1, 0.15) is 0 Å². The van der Waals surface area contributed by atoms with Crippen LogP contribution in [0.4, 0.5) is 0 Å². The summed E-state index contributed by atoms with van der Waals surface area (Å²) < 4.78 is 2.43. The van der Waals surface area contributed by atoms with Crippen LogP contribution in [-0.4, -0.2) is 11.3 Å². The van der Waals surface area contributed by atoms with Gasteiger partial charge in [-0.25, -0.2) is 0 Å². The number of aromatic nitrogens is 1. The number of nitrogens with zero attached hydrogens (tertiary/aromatic N) is 2. The maximum absolute atomic E-state index is 10.1. The molecule has 3 heteroatoms. The summed E-state index contributed by atoms with van der Waals surface area (Å²) in [5.41, 5.74) is 10.8. The number of benzene rings is 4. The molecule has 0 saturated carbocycles. The molecule has 1 aromatic heterocycles. The summed E-state index contributed by atoms with van der Waals surface area (Å²) in [6, 6.07) is 30.9. The molecular formula is C28H19BN2. The molecule has 2 aliphatic heterocycles. The Hall–Kier alpha value is -3.77. The van der Waals surface area contributed by atoms with E-state index in [1.807, 2.05) is 6.07 Å². The van der Waals surface area contributed by atoms with E-state index in [0.29, 0.717) is 0 Å². The Morgan fingerprint density at radius 2 is 1.55 bits per heavy atom. The van der Waals surface area contributed by atoms with Crippen molar-refractivity contribution in [3.63, 3.8) is 0 Å². The van der Waals surface area contributed by atoms with E-state index in [1.165, 1.54) is 55.0 Å². The zero-order valence-corrected chi connectivity index (χ0v) is 17.5. The van der Waals surface area contributed by atoms with E-state index in [-0.39, 0.29) is 12.1 Å². The minimum atomic E-state index is -0.238. The van der Waals surface area contributed by atoms with Gasteiger partial charge in [-0.1, -0.05) is 80.0 Å². The van der Waals surface area contributed by atoms with E-state index in [4.69, 9.17) is 0 Å². The lowest BCUT2D eigenvalue weighted by Crippen LogP contribution is -2.63. The Morgan fingerprint density at radius 3 is 2.42 bits per heavy atom. The van der Waals surface area contributed by atoms with Crippen LogP contribution in [0.3, 0.4) is 0 Å². The minimum absolute atomic E-state index is 0.142. The summed E-state index contributed by atoms with van der Waals surface area (Å²) in [6.45, 7) is 4.67. The number of hydrogen-bond acceptors (Lipinski definition) is 1. The Morgan fingerprint density at radius 1 is 0.806 bits per heavy atom. The highest BCUT2D eigenvalue weighted by Crippen LogP contribution is 2.40. The van der Waals surface area contributed by atoms with Crippen molar-refractivity contribution in [3.8, 4) is 11.8 Å². The highest BCUT2D eigenvalue weighted by molar-refractivity contribution is 6.99. The molecule has 31 heavy (non-hydrogen) atoms. The molecule has 0 bridgehead atoms. The Balaban J connectivity index is 1.78. The van der Waals surface area contributed by atoms with Crippen LogP contribution in [0.1, 0.15) is 30.5 Å². The van der Waals surface area contributed by atoms with Crippen molar-refractivity contribution in [1.82, 2.24) is 4.57 Å². The molecule has 0 amide bonds. The van der Waals surface area contributed by atoms with Gasteiger partial charge < -0.3 is 4.57 Å². The van der Waals surface area contributed by atoms with Crippen LogP contribution >= 0.6 is 0 Å². The number of rotatable bonds is 0. The van der Waals surface area contributed by atoms with Gasteiger partial charge in [-0.05, 0) is 40.3 Å². The number of para-hydroxylation sites is 2. The van der Waals surface area contributed by atoms with E-state index in [9.17, 15) is 5.26 Å². The van der Waals surface area contributed by atoms with Crippen LogP contribution in [0.25, 0.3) is 27.5 Å². The summed E-state index contributed by atoms with van der Waals surface area (Å²) in [4.78, 5) is 0. The molecule has 0 spiro atoms. The fraction of sp³-hybridized carbons (Fsp3) is 0.107. The third-order valence-corrected chi connectivity index (χ3v) is 7.48. The first-order chi connectivity index (χ1) is 15.1. The van der Waals surface area contributed by atoms with Gasteiger partial charge in [0.25, 0.3) is 0 Å². The molecule has 0 radical (unpaired) electrons. The van der Waals surface area contributed by atoms with Crippen molar-refractivity contribution >= 4 is 44.9 Å². The van der Waals surface area contributed by atoms with Gasteiger partial charge in [-0.3, -0.25) is 0 Å². The van der Waals surface area contributed by atoms with Gasteiger partial charge in [0.15, 0.2) is 0 Å². The second-order valence-corrected chi connectivity index (χ2v) is 9.27. The highest BCUT2D eigenvalue weighted by atomic mass is 15.0. The minimum Gasteiger partial charge on any atom is -0.310 e. The first-order valence-electron chi connectivity index (χ1n) is 10.8. The Kier molecular flexibility index (Phi) is 3.00. The number of fused-ring (bicyclic) bond motifs is 7. The van der Waals surface area contributed by atoms with Crippen molar-refractivity contribution in [2.75, 3.05) is 0 Å². The normalized spacial score (nSPS) is 14.9. The predicted molar refractivity (Wildman–Crippen MR) is 129 cm³/mol. The fourth-order valence-electron chi connectivity index (χ4n) is 6.32. The van der Waals surface area contributed by atoms with E-state index in [0.717, 1.165) is 5.56 Å². The van der Waals surface area contributed by atoms with Gasteiger partial charge in [-0.2, -0.15) is 5.26 Å². The first kappa shape index (κ1) is 17.0. The van der Waals surface area contributed by atoms with Gasteiger partial charge in [-0.15, -0.1) is 0 Å². The molecule has 5 aromatic rings. The number of hydrogen-bond donors (Lipinski definition) is 0. The SMILES string of the molecule is CC1(C)c2ccccc2B2c3c(ccc(C#N)c31)-n1c3ccccc3c3cccc2c31. The van der Waals surface area contributed by atoms with Gasteiger partial charge in [0.2, 0.25) is 6.71 Å². The third kappa shape index (κ3) is 1.85. The van der Waals surface area contributed by atoms with Gasteiger partial charge in [0, 0.05) is 27.4 Å². The third-order valence-electron chi connectivity index (χ3n) is 7.48. The quantitative estimate of drug-likeness (QED) is 0.356. The summed E-state index contributed by atoms with van der Waals surface area (Å²) >= 11 is 0. The molecule has 0 atom stereocenters. The van der Waals surface area contributed by atoms with Gasteiger partial charge >= 0.3 is 0 Å². The van der Waals surface area contributed by atoms with Crippen LogP contribution in [0, 0.1) is 11.3 Å². The highest BCUT2D eigenvalue weighted by Gasteiger charge is 2.45. The molecule has 0 aliphatic carbocycles. The molecule has 0 unspecified atom stereocenters. The van der Waals surface area contributed by atoms with E-state index < -0.39 is 0 Å². The molecule has 2 nitrogen and oxygen atoms in total. The summed E-state index contributed by atoms with van der Waals surface area (Å²) in [5, 5.41) is 12.6. The molecular weight excluding hydrogens is 375 g/mol. The van der Waals surface area contributed by atoms with Crippen LogP contribution in [-0.2, 0) is 5.41 Å². The van der Waals surface area contributed by atoms with E-state index in [2.05, 4.69) is 97.3 Å². The van der Waals surface area contributed by atoms with Crippen molar-refractivity contribution in [1.29, 1.82) is 5.26 Å². The smallest absolute Gasteiger partial charge is 0.247 e. The molecule has 0 N–H and O–H groups in total. The van der Waals surface area contributed by atoms with Crippen LogP contribution < -0.4 is 16.4 Å². The summed E-state index contributed by atoms with van der Waals surface area (Å²) in [7, 11) is 0. The standard InChI is InChI=1S/C28H19BN2/c1-28(2)20-10-4-5-11-21(20)29-22-12-7-9-19-18-8-3-6-13-23(18)31(27(19)22)24-15-14-17(16-30)25(28)26(24)29/h3-15H,1-2H3. The van der Waals surface area contributed by atoms with Crippen LogP contribution in [0.5, 0.6) is 0 Å². The monoisotopic (exact) mass is 394 g/mol. The largest absolute Gasteiger partial charge is 0.310 e. The van der Waals surface area contributed by atoms with Crippen LogP contribution in [0.15, 0.2) is 78.9 Å². The maximum Gasteiger partial charge on any atom is 0.247 e. The molecule has 0 saturated heterocycles. The average molecular weight is 394 g/mol. The van der Waals surface area contributed by atoms with Crippen molar-refractivity contribution in [2.45, 2.75) is 19.3 Å². The molecule has 7 rings (SSSR count). The lowest BCUT2D eigenvalue weighted by molar-refractivity contribution is 0.643. The Labute approximate surface area is 181 Å². The van der Waals surface area contributed by atoms with Crippen LogP contribution in [0.2, 0.25) is 0 Å². The molecule has 3 heterocycles. The lowest BCUT2D eigenvalue weighted by atomic mass is 9.30. The lowest BCUT2D eigenvalue weighted by Gasteiger charge is -2.42. The molecule has 4 aromatic carbocycles. The topological polar surface area (TPSA) is 28.7 Å². The van der Waals surface area contributed by atoms with Crippen molar-refractivity contribution in [3.05, 3.63) is 95.6 Å². The molecule has 144 valence electrons. The second kappa shape index (κ2) is 5.48. The zero-order valence-electron chi connectivity index (χ0n) is 17.5. The average Bonchev–Trinajstić information content (AvgIpc) is 3.14. The molecule has 2 aliphatic rings. The number of nitriles is 1. The van der Waals surface area contributed by atoms with Gasteiger partial charge in [0.05, 0.1) is 17.1 Å². The molecule has 0 fully saturated rings. The second-order valence-electron chi connectivity index (χ2n) is 9.27.